The first-order valence-corrected chi connectivity index (χ1v) is 6.07. The van der Waals surface area contributed by atoms with E-state index in [1.54, 1.807) is 6.92 Å². The second-order valence-corrected chi connectivity index (χ2v) is 4.49. The van der Waals surface area contributed by atoms with Crippen molar-refractivity contribution < 1.29 is 12.6 Å². The van der Waals surface area contributed by atoms with E-state index in [0.29, 0.717) is 0 Å². The monoisotopic (exact) mass is 234 g/mol. The van der Waals surface area contributed by atoms with Crippen LogP contribution in [-0.2, 0) is 14.3 Å². The summed E-state index contributed by atoms with van der Waals surface area (Å²) in [6.07, 6.45) is 3.91. The van der Waals surface area contributed by atoms with Crippen molar-refractivity contribution in [3.63, 3.8) is 0 Å². The van der Waals surface area contributed by atoms with Crippen LogP contribution in [0.2, 0.25) is 0 Å². The Balaban J connectivity index is 0. The van der Waals surface area contributed by atoms with Gasteiger partial charge in [0.25, 0.3) is 10.1 Å². The molecule has 0 aromatic carbocycles. The van der Waals surface area contributed by atoms with Crippen LogP contribution in [-0.4, -0.2) is 58.5 Å². The average molecular weight is 234 g/mol. The summed E-state index contributed by atoms with van der Waals surface area (Å²) in [6, 6.07) is 0. The smallest absolute Gasteiger partial charge is 0.267 e. The molecule has 0 amide bonds. The van der Waals surface area contributed by atoms with Crippen molar-refractivity contribution in [1.82, 2.24) is 0 Å². The Morgan fingerprint density at radius 1 is 1.08 bits per heavy atom. The van der Waals surface area contributed by atoms with E-state index < -0.39 is 10.1 Å². The van der Waals surface area contributed by atoms with Crippen LogP contribution in [0.4, 0.5) is 0 Å². The van der Waals surface area contributed by atoms with E-state index in [1.165, 1.54) is 0 Å². The molecule has 5 heteroatoms. The quantitative estimate of drug-likeness (QED) is 0.381. The zero-order valence-corrected chi connectivity index (χ0v) is 11.6. The molecule has 0 aromatic heterocycles. The van der Waals surface area contributed by atoms with Crippen LogP contribution in [0.15, 0.2) is 0 Å². The molecule has 0 aliphatic rings. The molecule has 0 atom stereocenters. The van der Waals surface area contributed by atoms with Gasteiger partial charge in [-0.2, -0.15) is 8.42 Å². The molecular weight excluding hydrogens is 216 g/mol. The standard InChI is InChI=1S/C8H18O3S.Ca/c1-3-5-6-7-8-12(9,10)11-4-2;/h3-8H2,1-2H3;. The van der Waals surface area contributed by atoms with Gasteiger partial charge in [0.1, 0.15) is 0 Å². The Morgan fingerprint density at radius 3 is 2.15 bits per heavy atom. The topological polar surface area (TPSA) is 43.4 Å². The molecule has 0 fully saturated rings. The summed E-state index contributed by atoms with van der Waals surface area (Å²) in [7, 11) is -3.21. The van der Waals surface area contributed by atoms with Gasteiger partial charge in [-0.3, -0.25) is 4.18 Å². The maximum absolute atomic E-state index is 11.0. The molecule has 0 saturated carbocycles. The number of hydrogen-bond acceptors (Lipinski definition) is 3. The second-order valence-electron chi connectivity index (χ2n) is 2.73. The van der Waals surface area contributed by atoms with Gasteiger partial charge in [-0.05, 0) is 13.3 Å². The Morgan fingerprint density at radius 2 is 1.69 bits per heavy atom. The summed E-state index contributed by atoms with van der Waals surface area (Å²) in [4.78, 5) is 0. The molecule has 0 unspecified atom stereocenters. The van der Waals surface area contributed by atoms with Crippen molar-refractivity contribution >= 4 is 47.9 Å². The van der Waals surface area contributed by atoms with Gasteiger partial charge in [0.15, 0.2) is 0 Å². The zero-order valence-electron chi connectivity index (χ0n) is 8.58. The molecule has 13 heavy (non-hydrogen) atoms. The molecule has 0 spiro atoms. The minimum absolute atomic E-state index is 0. The molecule has 2 radical (unpaired) electrons. The summed E-state index contributed by atoms with van der Waals surface area (Å²) in [5, 5.41) is 0. The van der Waals surface area contributed by atoms with Gasteiger partial charge in [0, 0.05) is 37.7 Å². The van der Waals surface area contributed by atoms with Crippen LogP contribution < -0.4 is 0 Å². The third kappa shape index (κ3) is 11.1. The molecule has 0 bridgehead atoms. The Labute approximate surface area is 111 Å². The van der Waals surface area contributed by atoms with Crippen molar-refractivity contribution in [3.05, 3.63) is 0 Å². The molecule has 3 nitrogen and oxygen atoms in total. The molecule has 0 heterocycles. The van der Waals surface area contributed by atoms with Crippen molar-refractivity contribution in [2.75, 3.05) is 12.4 Å². The third-order valence-electron chi connectivity index (χ3n) is 1.55. The van der Waals surface area contributed by atoms with E-state index in [1.807, 2.05) is 0 Å². The van der Waals surface area contributed by atoms with E-state index in [9.17, 15) is 8.42 Å². The fourth-order valence-electron chi connectivity index (χ4n) is 0.944. The van der Waals surface area contributed by atoms with Crippen molar-refractivity contribution in [2.24, 2.45) is 0 Å². The van der Waals surface area contributed by atoms with Gasteiger partial charge in [-0.1, -0.05) is 26.2 Å². The van der Waals surface area contributed by atoms with Crippen LogP contribution in [0.3, 0.4) is 0 Å². The van der Waals surface area contributed by atoms with Crippen LogP contribution in [0, 0.1) is 0 Å². The minimum Gasteiger partial charge on any atom is -0.270 e. The van der Waals surface area contributed by atoms with Gasteiger partial charge in [0.05, 0.1) is 12.4 Å². The first-order valence-electron chi connectivity index (χ1n) is 4.49. The first kappa shape index (κ1) is 16.6. The van der Waals surface area contributed by atoms with Gasteiger partial charge >= 0.3 is 0 Å². The van der Waals surface area contributed by atoms with Crippen molar-refractivity contribution in [2.45, 2.75) is 39.5 Å². The fourth-order valence-corrected chi connectivity index (χ4v) is 1.98. The van der Waals surface area contributed by atoms with E-state index in [2.05, 4.69) is 11.1 Å². The zero-order chi connectivity index (χ0) is 9.45. The van der Waals surface area contributed by atoms with Crippen molar-refractivity contribution in [3.8, 4) is 0 Å². The summed E-state index contributed by atoms with van der Waals surface area (Å²) in [5.74, 6) is 0.167. The SMILES string of the molecule is CCCCCCS(=O)(=O)OCC.[Ca]. The molecule has 0 aliphatic heterocycles. The van der Waals surface area contributed by atoms with Crippen LogP contribution in [0.5, 0.6) is 0 Å². The van der Waals surface area contributed by atoms with Crippen LogP contribution in [0.1, 0.15) is 39.5 Å². The van der Waals surface area contributed by atoms with Gasteiger partial charge in [-0.15, -0.1) is 0 Å². The van der Waals surface area contributed by atoms with E-state index in [4.69, 9.17) is 0 Å². The van der Waals surface area contributed by atoms with Crippen LogP contribution in [0.25, 0.3) is 0 Å². The number of unbranched alkanes of at least 4 members (excludes halogenated alkanes) is 3. The van der Waals surface area contributed by atoms with Gasteiger partial charge < -0.3 is 0 Å². The third-order valence-corrected chi connectivity index (χ3v) is 2.93. The Bertz CT molecular complexity index is 190. The predicted octanol–water partition coefficient (Wildman–Crippen LogP) is 1.55. The number of rotatable bonds is 7. The van der Waals surface area contributed by atoms with Gasteiger partial charge in [0.2, 0.25) is 0 Å². The maximum Gasteiger partial charge on any atom is 0.267 e. The number of hydrogen-bond donors (Lipinski definition) is 0. The summed E-state index contributed by atoms with van der Waals surface area (Å²) in [5.41, 5.74) is 0. The van der Waals surface area contributed by atoms with E-state index >= 15 is 0 Å². The van der Waals surface area contributed by atoms with E-state index in [-0.39, 0.29) is 50.1 Å². The van der Waals surface area contributed by atoms with Crippen molar-refractivity contribution in [1.29, 1.82) is 0 Å². The Hall–Kier alpha value is 1.17. The second kappa shape index (κ2) is 9.71. The summed E-state index contributed by atoms with van der Waals surface area (Å²) < 4.78 is 26.5. The predicted molar refractivity (Wildman–Crippen MR) is 55.3 cm³/mol. The molecular formula is C8H18CaO3S. The molecule has 0 aromatic rings. The Kier molecular flexibility index (Phi) is 12.4. The average Bonchev–Trinajstić information content (AvgIpc) is 1.98. The van der Waals surface area contributed by atoms with Crippen LogP contribution >= 0.6 is 0 Å². The van der Waals surface area contributed by atoms with E-state index in [0.717, 1.165) is 25.7 Å². The maximum atomic E-state index is 11.0. The van der Waals surface area contributed by atoms with Gasteiger partial charge in [-0.25, -0.2) is 0 Å². The molecule has 76 valence electrons. The summed E-state index contributed by atoms with van der Waals surface area (Å²) >= 11 is 0. The molecule has 0 saturated heterocycles. The summed E-state index contributed by atoms with van der Waals surface area (Å²) in [6.45, 7) is 4.02. The fraction of sp³-hybridized carbons (Fsp3) is 1.00. The normalized spacial score (nSPS) is 10.9. The first-order chi connectivity index (χ1) is 5.62. The molecule has 0 N–H and O–H groups in total. The minimum atomic E-state index is -3.21. The molecule has 0 aliphatic carbocycles. The molecule has 0 rings (SSSR count). The largest absolute Gasteiger partial charge is 0.270 e.